The lowest BCUT2D eigenvalue weighted by atomic mass is 9.78. The standard InChI is InChI=1S/C21H21N3O/c1-13(2)21(25)18-12-14-8-4-5-9-15(14)20-19(22-23-24(20)3)17-11-7-6-10-16(17)18/h4-11,13,18H,12H2,1-3H3. The second-order valence-electron chi connectivity index (χ2n) is 6.97. The number of hydrogen-bond donors (Lipinski definition) is 0. The molecule has 4 heteroatoms. The predicted octanol–water partition coefficient (Wildman–Crippen LogP) is 4.01. The van der Waals surface area contributed by atoms with E-state index in [4.69, 9.17) is 0 Å². The van der Waals surface area contributed by atoms with Gasteiger partial charge in [-0.3, -0.25) is 4.79 Å². The molecule has 1 heterocycles. The van der Waals surface area contributed by atoms with Crippen molar-refractivity contribution in [3.05, 3.63) is 59.7 Å². The highest BCUT2D eigenvalue weighted by molar-refractivity contribution is 5.92. The molecular formula is C21H21N3O. The maximum absolute atomic E-state index is 13.0. The molecule has 2 aromatic carbocycles. The van der Waals surface area contributed by atoms with Crippen LogP contribution in [0.5, 0.6) is 0 Å². The third kappa shape index (κ3) is 2.49. The van der Waals surface area contributed by atoms with Crippen LogP contribution in [0.25, 0.3) is 22.5 Å². The lowest BCUT2D eigenvalue weighted by Crippen LogP contribution is -2.22. The minimum Gasteiger partial charge on any atom is -0.299 e. The Morgan fingerprint density at radius 1 is 1.08 bits per heavy atom. The molecule has 0 bridgehead atoms. The van der Waals surface area contributed by atoms with Gasteiger partial charge in [0.2, 0.25) is 0 Å². The Balaban J connectivity index is 2.05. The normalized spacial score (nSPS) is 15.8. The van der Waals surface area contributed by atoms with Crippen molar-refractivity contribution in [2.75, 3.05) is 0 Å². The number of hydrogen-bond acceptors (Lipinski definition) is 3. The van der Waals surface area contributed by atoms with Crippen LogP contribution in [0.3, 0.4) is 0 Å². The number of nitrogens with zero attached hydrogens (tertiary/aromatic N) is 3. The molecule has 1 atom stereocenters. The third-order valence-corrected chi connectivity index (χ3v) is 5.03. The summed E-state index contributed by atoms with van der Waals surface area (Å²) in [6.45, 7) is 3.95. The number of ketones is 1. The first kappa shape index (κ1) is 15.8. The predicted molar refractivity (Wildman–Crippen MR) is 98.2 cm³/mol. The summed E-state index contributed by atoms with van der Waals surface area (Å²) >= 11 is 0. The van der Waals surface area contributed by atoms with Crippen molar-refractivity contribution < 1.29 is 4.79 Å². The molecule has 0 aliphatic heterocycles. The van der Waals surface area contributed by atoms with E-state index in [0.29, 0.717) is 6.42 Å². The fourth-order valence-electron chi connectivity index (χ4n) is 3.77. The van der Waals surface area contributed by atoms with Crippen LogP contribution in [0.1, 0.15) is 30.9 Å². The summed E-state index contributed by atoms with van der Waals surface area (Å²) in [6, 6.07) is 16.4. The van der Waals surface area contributed by atoms with Gasteiger partial charge in [0.25, 0.3) is 0 Å². The minimum atomic E-state index is -0.160. The van der Waals surface area contributed by atoms with E-state index >= 15 is 0 Å². The number of fused-ring (bicyclic) bond motifs is 5. The van der Waals surface area contributed by atoms with Gasteiger partial charge in [-0.2, -0.15) is 0 Å². The summed E-state index contributed by atoms with van der Waals surface area (Å²) in [5.41, 5.74) is 6.21. The Hall–Kier alpha value is -2.75. The van der Waals surface area contributed by atoms with Crippen LogP contribution >= 0.6 is 0 Å². The van der Waals surface area contributed by atoms with Crippen LogP contribution in [0, 0.1) is 5.92 Å². The van der Waals surface area contributed by atoms with Gasteiger partial charge in [-0.05, 0) is 17.5 Å². The average molecular weight is 331 g/mol. The van der Waals surface area contributed by atoms with E-state index in [2.05, 4.69) is 34.6 Å². The van der Waals surface area contributed by atoms with Gasteiger partial charge in [-0.1, -0.05) is 67.6 Å². The highest BCUT2D eigenvalue weighted by atomic mass is 16.1. The maximum Gasteiger partial charge on any atom is 0.143 e. The average Bonchev–Trinajstić information content (AvgIpc) is 2.99. The Bertz CT molecular complexity index is 955. The number of benzene rings is 2. The zero-order chi connectivity index (χ0) is 17.6. The molecule has 4 rings (SSSR count). The van der Waals surface area contributed by atoms with Crippen molar-refractivity contribution in [3.8, 4) is 22.5 Å². The molecule has 1 aliphatic carbocycles. The second-order valence-corrected chi connectivity index (χ2v) is 6.97. The number of carbonyl (C=O) groups is 1. The van der Waals surface area contributed by atoms with E-state index in [-0.39, 0.29) is 17.6 Å². The fourth-order valence-corrected chi connectivity index (χ4v) is 3.77. The van der Waals surface area contributed by atoms with Crippen LogP contribution < -0.4 is 0 Å². The van der Waals surface area contributed by atoms with Crippen LogP contribution in [0.2, 0.25) is 0 Å². The molecule has 0 amide bonds. The lowest BCUT2D eigenvalue weighted by Gasteiger charge is -2.25. The summed E-state index contributed by atoms with van der Waals surface area (Å²) in [4.78, 5) is 13.0. The number of aryl methyl sites for hydroxylation is 1. The number of rotatable bonds is 2. The zero-order valence-electron chi connectivity index (χ0n) is 14.7. The summed E-state index contributed by atoms with van der Waals surface area (Å²) in [5, 5.41) is 8.70. The van der Waals surface area contributed by atoms with Gasteiger partial charge in [0.15, 0.2) is 0 Å². The number of aromatic nitrogens is 3. The molecule has 0 N–H and O–H groups in total. The Morgan fingerprint density at radius 3 is 2.52 bits per heavy atom. The highest BCUT2D eigenvalue weighted by Crippen LogP contribution is 2.41. The van der Waals surface area contributed by atoms with Gasteiger partial charge >= 0.3 is 0 Å². The quantitative estimate of drug-likeness (QED) is 0.713. The van der Waals surface area contributed by atoms with Crippen LogP contribution in [-0.4, -0.2) is 20.8 Å². The van der Waals surface area contributed by atoms with Crippen molar-refractivity contribution in [1.82, 2.24) is 15.0 Å². The van der Waals surface area contributed by atoms with Gasteiger partial charge in [0.1, 0.15) is 11.5 Å². The Kier molecular flexibility index (Phi) is 3.75. The monoisotopic (exact) mass is 331 g/mol. The van der Waals surface area contributed by atoms with Crippen molar-refractivity contribution >= 4 is 5.78 Å². The molecule has 0 saturated heterocycles. The van der Waals surface area contributed by atoms with Crippen molar-refractivity contribution in [2.45, 2.75) is 26.2 Å². The highest BCUT2D eigenvalue weighted by Gasteiger charge is 2.31. The Morgan fingerprint density at radius 2 is 1.76 bits per heavy atom. The van der Waals surface area contributed by atoms with E-state index in [9.17, 15) is 4.79 Å². The van der Waals surface area contributed by atoms with Crippen LogP contribution in [0.15, 0.2) is 48.5 Å². The van der Waals surface area contributed by atoms with Gasteiger partial charge in [0.05, 0.1) is 5.69 Å². The van der Waals surface area contributed by atoms with Gasteiger partial charge in [-0.15, -0.1) is 5.10 Å². The van der Waals surface area contributed by atoms with Gasteiger partial charge in [0, 0.05) is 30.0 Å². The van der Waals surface area contributed by atoms with E-state index in [1.54, 1.807) is 0 Å². The van der Waals surface area contributed by atoms with Crippen LogP contribution in [-0.2, 0) is 18.3 Å². The first-order valence-corrected chi connectivity index (χ1v) is 8.69. The molecule has 126 valence electrons. The molecular weight excluding hydrogens is 310 g/mol. The van der Waals surface area contributed by atoms with Crippen LogP contribution in [0.4, 0.5) is 0 Å². The SMILES string of the molecule is CC(C)C(=O)C1Cc2ccccc2-c2c(nnn2C)-c2ccccc21. The molecule has 0 spiro atoms. The van der Waals surface area contributed by atoms with Crippen molar-refractivity contribution in [3.63, 3.8) is 0 Å². The van der Waals surface area contributed by atoms with E-state index in [1.165, 1.54) is 5.56 Å². The van der Waals surface area contributed by atoms with Crippen molar-refractivity contribution in [2.24, 2.45) is 13.0 Å². The summed E-state index contributed by atoms with van der Waals surface area (Å²) in [7, 11) is 1.92. The van der Waals surface area contributed by atoms with Gasteiger partial charge < -0.3 is 0 Å². The van der Waals surface area contributed by atoms with E-state index in [0.717, 1.165) is 28.1 Å². The topological polar surface area (TPSA) is 47.8 Å². The zero-order valence-corrected chi connectivity index (χ0v) is 14.7. The largest absolute Gasteiger partial charge is 0.299 e. The maximum atomic E-state index is 13.0. The smallest absolute Gasteiger partial charge is 0.143 e. The van der Waals surface area contributed by atoms with Crippen molar-refractivity contribution in [1.29, 1.82) is 0 Å². The fraction of sp³-hybridized carbons (Fsp3) is 0.286. The second kappa shape index (κ2) is 5.96. The molecule has 3 aromatic rings. The van der Waals surface area contributed by atoms with E-state index < -0.39 is 0 Å². The summed E-state index contributed by atoms with van der Waals surface area (Å²) in [5.74, 6) is 0.105. The third-order valence-electron chi connectivity index (χ3n) is 5.03. The minimum absolute atomic E-state index is 0.00836. The molecule has 1 unspecified atom stereocenters. The molecule has 25 heavy (non-hydrogen) atoms. The molecule has 0 radical (unpaired) electrons. The summed E-state index contributed by atoms with van der Waals surface area (Å²) in [6.07, 6.45) is 0.703. The molecule has 0 saturated carbocycles. The number of carbonyl (C=O) groups excluding carboxylic acids is 1. The lowest BCUT2D eigenvalue weighted by molar-refractivity contribution is -0.123. The summed E-state index contributed by atoms with van der Waals surface area (Å²) < 4.78 is 1.83. The molecule has 1 aromatic heterocycles. The molecule has 1 aliphatic rings. The van der Waals surface area contributed by atoms with E-state index in [1.807, 2.05) is 49.8 Å². The Labute approximate surface area is 147 Å². The first-order chi connectivity index (χ1) is 12.1. The molecule has 4 nitrogen and oxygen atoms in total. The first-order valence-electron chi connectivity index (χ1n) is 8.69. The number of Topliss-reactive ketones (excluding diaryl/α,β-unsaturated/α-hetero) is 1. The van der Waals surface area contributed by atoms with Gasteiger partial charge in [-0.25, -0.2) is 4.68 Å². The molecule has 0 fully saturated rings.